The van der Waals surface area contributed by atoms with Gasteiger partial charge in [-0.3, -0.25) is 10.1 Å². The maximum atomic E-state index is 11.8. The van der Waals surface area contributed by atoms with Crippen LogP contribution < -0.4 is 0 Å². The molecule has 0 saturated heterocycles. The van der Waals surface area contributed by atoms with Gasteiger partial charge in [0.25, 0.3) is 5.69 Å². The number of hydrogen-bond donors (Lipinski definition) is 0. The van der Waals surface area contributed by atoms with E-state index in [-0.39, 0.29) is 11.3 Å². The van der Waals surface area contributed by atoms with E-state index in [0.717, 1.165) is 30.6 Å². The lowest BCUT2D eigenvalue weighted by molar-refractivity contribution is -0.385. The van der Waals surface area contributed by atoms with Crippen LogP contribution in [0.15, 0.2) is 18.2 Å². The third kappa shape index (κ3) is 1.60. The zero-order valence-corrected chi connectivity index (χ0v) is 10.4. The van der Waals surface area contributed by atoms with Gasteiger partial charge in [0.05, 0.1) is 12.0 Å². The Morgan fingerprint density at radius 1 is 1.47 bits per heavy atom. The summed E-state index contributed by atoms with van der Waals surface area (Å²) in [5.41, 5.74) is 1.81. The van der Waals surface area contributed by atoms with Crippen LogP contribution in [-0.4, -0.2) is 22.6 Å². The highest BCUT2D eigenvalue weighted by Gasteiger charge is 2.27. The molecule has 0 amide bonds. The first-order valence-corrected chi connectivity index (χ1v) is 6.01. The highest BCUT2D eigenvalue weighted by molar-refractivity contribution is 6.08. The van der Waals surface area contributed by atoms with Crippen molar-refractivity contribution in [2.24, 2.45) is 0 Å². The molecular formula is C13H12N2O4. The number of aryl methyl sites for hydroxylation is 2. The standard InChI is InChI=1S/C13H12N2O4/c1-19-13(16)12-9-7-8-3-2-6-14(8)10(9)4-5-11(12)15(17)18/h4-5,7H,2-3,6H2,1H3. The van der Waals surface area contributed by atoms with Crippen LogP contribution in [0.4, 0.5) is 5.69 Å². The Morgan fingerprint density at radius 3 is 2.95 bits per heavy atom. The van der Waals surface area contributed by atoms with Gasteiger partial charge in [0.1, 0.15) is 5.56 Å². The average Bonchev–Trinajstić information content (AvgIpc) is 2.96. The summed E-state index contributed by atoms with van der Waals surface area (Å²) < 4.78 is 6.79. The minimum absolute atomic E-state index is 0.0481. The molecule has 0 fully saturated rings. The van der Waals surface area contributed by atoms with Crippen LogP contribution in [0.2, 0.25) is 0 Å². The Bertz CT molecular complexity index is 702. The third-order valence-corrected chi connectivity index (χ3v) is 3.55. The number of benzene rings is 1. The lowest BCUT2D eigenvalue weighted by Gasteiger charge is -2.05. The number of hydrogen-bond acceptors (Lipinski definition) is 4. The van der Waals surface area contributed by atoms with Crippen LogP contribution in [-0.2, 0) is 17.7 Å². The Morgan fingerprint density at radius 2 is 2.26 bits per heavy atom. The number of nitro benzene ring substituents is 1. The molecule has 0 unspecified atom stereocenters. The fraction of sp³-hybridized carbons (Fsp3) is 0.308. The summed E-state index contributed by atoms with van der Waals surface area (Å²) in [7, 11) is 1.23. The van der Waals surface area contributed by atoms with Crippen LogP contribution in [0.5, 0.6) is 0 Å². The predicted octanol–water partition coefficient (Wildman–Crippen LogP) is 2.28. The molecule has 0 N–H and O–H groups in total. The lowest BCUT2D eigenvalue weighted by atomic mass is 10.1. The summed E-state index contributed by atoms with van der Waals surface area (Å²) in [6.45, 7) is 0.886. The van der Waals surface area contributed by atoms with Crippen LogP contribution in [0.1, 0.15) is 22.5 Å². The van der Waals surface area contributed by atoms with Crippen molar-refractivity contribution >= 4 is 22.6 Å². The maximum Gasteiger partial charge on any atom is 0.345 e. The molecule has 2 heterocycles. The van der Waals surface area contributed by atoms with Crippen LogP contribution in [0, 0.1) is 10.1 Å². The van der Waals surface area contributed by atoms with E-state index in [1.807, 2.05) is 6.07 Å². The molecule has 0 spiro atoms. The molecule has 6 nitrogen and oxygen atoms in total. The summed E-state index contributed by atoms with van der Waals surface area (Å²) in [5.74, 6) is -0.665. The van der Waals surface area contributed by atoms with Crippen molar-refractivity contribution in [1.29, 1.82) is 0 Å². The molecule has 0 aliphatic carbocycles. The van der Waals surface area contributed by atoms with Gasteiger partial charge in [-0.15, -0.1) is 0 Å². The van der Waals surface area contributed by atoms with Gasteiger partial charge in [-0.1, -0.05) is 0 Å². The van der Waals surface area contributed by atoms with Gasteiger partial charge in [-0.25, -0.2) is 4.79 Å². The fourth-order valence-corrected chi connectivity index (χ4v) is 2.74. The number of nitrogens with zero attached hydrogens (tertiary/aromatic N) is 2. The van der Waals surface area contributed by atoms with Gasteiger partial charge >= 0.3 is 5.97 Å². The molecule has 1 aliphatic heterocycles. The van der Waals surface area contributed by atoms with Gasteiger partial charge in [0.2, 0.25) is 0 Å². The van der Waals surface area contributed by atoms with Gasteiger partial charge < -0.3 is 9.30 Å². The number of carbonyl (C=O) groups is 1. The minimum Gasteiger partial charge on any atom is -0.465 e. The van der Waals surface area contributed by atoms with Gasteiger partial charge in [-0.2, -0.15) is 0 Å². The van der Waals surface area contributed by atoms with Crippen LogP contribution in [0.3, 0.4) is 0 Å². The van der Waals surface area contributed by atoms with Gasteiger partial charge in [0, 0.05) is 29.2 Å². The largest absolute Gasteiger partial charge is 0.465 e. The highest BCUT2D eigenvalue weighted by Crippen LogP contribution is 2.33. The molecular weight excluding hydrogens is 248 g/mol. The summed E-state index contributed by atoms with van der Waals surface area (Å²) in [4.78, 5) is 22.3. The van der Waals surface area contributed by atoms with E-state index in [2.05, 4.69) is 9.30 Å². The molecule has 19 heavy (non-hydrogen) atoms. The molecule has 0 radical (unpaired) electrons. The second-order valence-electron chi connectivity index (χ2n) is 4.53. The summed E-state index contributed by atoms with van der Waals surface area (Å²) >= 11 is 0. The van der Waals surface area contributed by atoms with E-state index < -0.39 is 10.9 Å². The van der Waals surface area contributed by atoms with E-state index in [1.165, 1.54) is 13.2 Å². The smallest absolute Gasteiger partial charge is 0.345 e. The minimum atomic E-state index is -0.665. The Balaban J connectivity index is 2.36. The van der Waals surface area contributed by atoms with Crippen LogP contribution in [0.25, 0.3) is 10.9 Å². The molecule has 3 rings (SSSR count). The second-order valence-corrected chi connectivity index (χ2v) is 4.53. The summed E-state index contributed by atoms with van der Waals surface area (Å²) in [5, 5.41) is 11.7. The highest BCUT2D eigenvalue weighted by atomic mass is 16.6. The van der Waals surface area contributed by atoms with Crippen molar-refractivity contribution in [3.63, 3.8) is 0 Å². The summed E-state index contributed by atoms with van der Waals surface area (Å²) in [6, 6.07) is 4.94. The quantitative estimate of drug-likeness (QED) is 0.471. The number of carbonyl (C=O) groups excluding carboxylic acids is 1. The summed E-state index contributed by atoms with van der Waals surface area (Å²) in [6.07, 6.45) is 2.00. The number of aromatic nitrogens is 1. The van der Waals surface area contributed by atoms with E-state index in [0.29, 0.717) is 5.39 Å². The predicted molar refractivity (Wildman–Crippen MR) is 68.3 cm³/mol. The van der Waals surface area contributed by atoms with E-state index in [4.69, 9.17) is 0 Å². The first-order valence-electron chi connectivity index (χ1n) is 6.01. The van der Waals surface area contributed by atoms with E-state index >= 15 is 0 Å². The average molecular weight is 260 g/mol. The lowest BCUT2D eigenvalue weighted by Crippen LogP contribution is -2.06. The second kappa shape index (κ2) is 4.08. The molecule has 1 aromatic carbocycles. The van der Waals surface area contributed by atoms with Crippen LogP contribution >= 0.6 is 0 Å². The third-order valence-electron chi connectivity index (χ3n) is 3.55. The normalized spacial score (nSPS) is 13.5. The number of esters is 1. The molecule has 2 aromatic rings. The first-order chi connectivity index (χ1) is 9.13. The van der Waals surface area contributed by atoms with Crippen molar-refractivity contribution < 1.29 is 14.5 Å². The number of ether oxygens (including phenoxy) is 1. The Hall–Kier alpha value is -2.37. The zero-order valence-electron chi connectivity index (χ0n) is 10.4. The van der Waals surface area contributed by atoms with Crippen molar-refractivity contribution in [2.45, 2.75) is 19.4 Å². The molecule has 98 valence electrons. The SMILES string of the molecule is COC(=O)c1c([N+](=O)[O-])ccc2c1cc1n2CCC1. The molecule has 1 aromatic heterocycles. The maximum absolute atomic E-state index is 11.8. The topological polar surface area (TPSA) is 74.4 Å². The van der Waals surface area contributed by atoms with Crippen molar-refractivity contribution in [1.82, 2.24) is 4.57 Å². The number of fused-ring (bicyclic) bond motifs is 3. The first kappa shape index (κ1) is 11.7. The van der Waals surface area contributed by atoms with E-state index in [9.17, 15) is 14.9 Å². The molecule has 0 atom stereocenters. The molecule has 1 aliphatic rings. The zero-order chi connectivity index (χ0) is 13.6. The number of methoxy groups -OCH3 is 1. The van der Waals surface area contributed by atoms with Gasteiger partial charge in [-0.05, 0) is 25.0 Å². The van der Waals surface area contributed by atoms with Crippen molar-refractivity contribution in [2.75, 3.05) is 7.11 Å². The van der Waals surface area contributed by atoms with Gasteiger partial charge in [0.15, 0.2) is 0 Å². The molecule has 0 saturated carbocycles. The molecule has 6 heteroatoms. The van der Waals surface area contributed by atoms with E-state index in [1.54, 1.807) is 6.07 Å². The Labute approximate surface area is 108 Å². The van der Waals surface area contributed by atoms with Crippen molar-refractivity contribution in [3.8, 4) is 0 Å². The number of rotatable bonds is 2. The number of nitro groups is 1. The Kier molecular flexibility index (Phi) is 2.51. The molecule has 0 bridgehead atoms. The fourth-order valence-electron chi connectivity index (χ4n) is 2.74. The van der Waals surface area contributed by atoms with Crippen molar-refractivity contribution in [3.05, 3.63) is 39.6 Å². The monoisotopic (exact) mass is 260 g/mol.